The fourth-order valence-electron chi connectivity index (χ4n) is 2.16. The lowest BCUT2D eigenvalue weighted by Gasteiger charge is -2.15. The van der Waals surface area contributed by atoms with Crippen LogP contribution in [0.1, 0.15) is 21.5 Å². The molecule has 18 heavy (non-hydrogen) atoms. The molecule has 0 amide bonds. The summed E-state index contributed by atoms with van der Waals surface area (Å²) in [5, 5.41) is 8.96. The molecule has 0 bridgehead atoms. The maximum atomic E-state index is 10.9. The number of nitrogens with zero attached hydrogens (tertiary/aromatic N) is 3. The number of anilines is 1. The van der Waals surface area contributed by atoms with Gasteiger partial charge in [0.1, 0.15) is 12.1 Å². The normalized spacial score (nSPS) is 13.4. The lowest BCUT2D eigenvalue weighted by molar-refractivity contribution is 0.0697. The second kappa shape index (κ2) is 4.10. The Bertz CT molecular complexity index is 598. The number of rotatable bonds is 2. The van der Waals surface area contributed by atoms with Crippen LogP contribution in [0.25, 0.3) is 0 Å². The van der Waals surface area contributed by atoms with Crippen LogP contribution in [0.4, 0.5) is 5.82 Å². The van der Waals surface area contributed by atoms with Crippen LogP contribution in [-0.4, -0.2) is 21.0 Å². The van der Waals surface area contributed by atoms with Gasteiger partial charge in [0.05, 0.1) is 5.56 Å². The van der Waals surface area contributed by atoms with Gasteiger partial charge in [0.25, 0.3) is 0 Å². The SMILES string of the molecule is O=C(O)c1ccc2c(c1)CN(c1ccncn1)C2. The smallest absolute Gasteiger partial charge is 0.335 e. The van der Waals surface area contributed by atoms with Crippen LogP contribution in [0.3, 0.4) is 0 Å². The van der Waals surface area contributed by atoms with Crippen molar-refractivity contribution in [2.45, 2.75) is 13.1 Å². The largest absolute Gasteiger partial charge is 0.478 e. The Morgan fingerprint density at radius 1 is 1.22 bits per heavy atom. The molecule has 1 aliphatic heterocycles. The first-order chi connectivity index (χ1) is 8.74. The van der Waals surface area contributed by atoms with Crippen LogP contribution >= 0.6 is 0 Å². The predicted octanol–water partition coefficient (Wildman–Crippen LogP) is 1.70. The molecule has 2 heterocycles. The molecule has 5 nitrogen and oxygen atoms in total. The van der Waals surface area contributed by atoms with Crippen LogP contribution in [0.5, 0.6) is 0 Å². The first-order valence-corrected chi connectivity index (χ1v) is 5.60. The van der Waals surface area contributed by atoms with Crippen molar-refractivity contribution < 1.29 is 9.90 Å². The van der Waals surface area contributed by atoms with Crippen molar-refractivity contribution in [3.8, 4) is 0 Å². The van der Waals surface area contributed by atoms with Crippen molar-refractivity contribution >= 4 is 11.8 Å². The van der Waals surface area contributed by atoms with E-state index in [1.807, 2.05) is 12.1 Å². The molecule has 0 aliphatic carbocycles. The number of aromatic nitrogens is 2. The average molecular weight is 241 g/mol. The molecule has 0 saturated heterocycles. The van der Waals surface area contributed by atoms with Crippen LogP contribution in [0.15, 0.2) is 36.8 Å². The van der Waals surface area contributed by atoms with Crippen molar-refractivity contribution in [2.75, 3.05) is 4.90 Å². The quantitative estimate of drug-likeness (QED) is 0.866. The third kappa shape index (κ3) is 1.79. The summed E-state index contributed by atoms with van der Waals surface area (Å²) in [6.45, 7) is 1.44. The van der Waals surface area contributed by atoms with E-state index in [-0.39, 0.29) is 0 Å². The molecule has 1 aromatic carbocycles. The maximum Gasteiger partial charge on any atom is 0.335 e. The minimum atomic E-state index is -0.890. The van der Waals surface area contributed by atoms with Gasteiger partial charge in [-0.3, -0.25) is 0 Å². The summed E-state index contributed by atoms with van der Waals surface area (Å²) >= 11 is 0. The molecule has 90 valence electrons. The van der Waals surface area contributed by atoms with Gasteiger partial charge in [0.15, 0.2) is 0 Å². The highest BCUT2D eigenvalue weighted by atomic mass is 16.4. The highest BCUT2D eigenvalue weighted by molar-refractivity contribution is 5.88. The number of hydrogen-bond acceptors (Lipinski definition) is 4. The van der Waals surface area contributed by atoms with Gasteiger partial charge < -0.3 is 10.0 Å². The zero-order valence-electron chi connectivity index (χ0n) is 9.58. The summed E-state index contributed by atoms with van der Waals surface area (Å²) in [5.41, 5.74) is 2.53. The molecule has 0 saturated carbocycles. The first-order valence-electron chi connectivity index (χ1n) is 5.60. The van der Waals surface area contributed by atoms with Gasteiger partial charge in [0.2, 0.25) is 0 Å². The van der Waals surface area contributed by atoms with E-state index < -0.39 is 5.97 Å². The maximum absolute atomic E-state index is 10.9. The lowest BCUT2D eigenvalue weighted by Crippen LogP contribution is -2.15. The Morgan fingerprint density at radius 3 is 2.78 bits per heavy atom. The van der Waals surface area contributed by atoms with Crippen molar-refractivity contribution in [3.05, 3.63) is 53.5 Å². The summed E-state index contributed by atoms with van der Waals surface area (Å²) in [7, 11) is 0. The lowest BCUT2D eigenvalue weighted by atomic mass is 10.1. The molecule has 2 aromatic rings. The molecule has 1 aromatic heterocycles. The van der Waals surface area contributed by atoms with E-state index in [2.05, 4.69) is 14.9 Å². The number of aromatic carboxylic acids is 1. The van der Waals surface area contributed by atoms with E-state index in [9.17, 15) is 4.79 Å². The Kier molecular flexibility index (Phi) is 2.44. The highest BCUT2D eigenvalue weighted by Gasteiger charge is 2.21. The molecule has 5 heteroatoms. The predicted molar refractivity (Wildman–Crippen MR) is 65.3 cm³/mol. The minimum absolute atomic E-state index is 0.332. The fourth-order valence-corrected chi connectivity index (χ4v) is 2.16. The summed E-state index contributed by atoms with van der Waals surface area (Å²) in [4.78, 5) is 21.1. The van der Waals surface area contributed by atoms with Crippen molar-refractivity contribution in [1.82, 2.24) is 9.97 Å². The topological polar surface area (TPSA) is 66.3 Å². The fraction of sp³-hybridized carbons (Fsp3) is 0.154. The molecule has 3 rings (SSSR count). The molecule has 0 unspecified atom stereocenters. The second-order valence-corrected chi connectivity index (χ2v) is 4.21. The highest BCUT2D eigenvalue weighted by Crippen LogP contribution is 2.27. The number of carbonyl (C=O) groups is 1. The molecule has 0 spiro atoms. The summed E-state index contributed by atoms with van der Waals surface area (Å²) in [5.74, 6) is -0.0311. The molecular formula is C13H11N3O2. The summed E-state index contributed by atoms with van der Waals surface area (Å²) in [6.07, 6.45) is 3.22. The molecule has 1 aliphatic rings. The summed E-state index contributed by atoms with van der Waals surface area (Å²) in [6, 6.07) is 7.10. The average Bonchev–Trinajstić information content (AvgIpc) is 2.82. The van der Waals surface area contributed by atoms with Crippen molar-refractivity contribution in [2.24, 2.45) is 0 Å². The Labute approximate surface area is 104 Å². The zero-order chi connectivity index (χ0) is 12.5. The van der Waals surface area contributed by atoms with Gasteiger partial charge in [-0.15, -0.1) is 0 Å². The van der Waals surface area contributed by atoms with E-state index in [0.717, 1.165) is 23.5 Å². The number of benzene rings is 1. The van der Waals surface area contributed by atoms with Crippen LogP contribution < -0.4 is 4.90 Å². The standard InChI is InChI=1S/C13H11N3O2/c17-13(18)9-1-2-10-6-16(7-11(10)5-9)12-3-4-14-8-15-12/h1-5,8H,6-7H2,(H,17,18). The molecule has 0 atom stereocenters. The zero-order valence-corrected chi connectivity index (χ0v) is 9.58. The van der Waals surface area contributed by atoms with E-state index in [4.69, 9.17) is 5.11 Å². The molecule has 0 fully saturated rings. The number of carboxylic acid groups (broad SMARTS) is 1. The molecule has 0 radical (unpaired) electrons. The van der Waals surface area contributed by atoms with E-state index in [1.54, 1.807) is 18.3 Å². The number of carboxylic acids is 1. The van der Waals surface area contributed by atoms with Crippen molar-refractivity contribution in [3.63, 3.8) is 0 Å². The van der Waals surface area contributed by atoms with Crippen LogP contribution in [0, 0.1) is 0 Å². The molecular weight excluding hydrogens is 230 g/mol. The van der Waals surface area contributed by atoms with Gasteiger partial charge in [-0.1, -0.05) is 6.07 Å². The van der Waals surface area contributed by atoms with E-state index >= 15 is 0 Å². The number of hydrogen-bond donors (Lipinski definition) is 1. The van der Waals surface area contributed by atoms with Gasteiger partial charge in [-0.25, -0.2) is 14.8 Å². The molecule has 1 N–H and O–H groups in total. The number of fused-ring (bicyclic) bond motifs is 1. The first kappa shape index (κ1) is 10.7. The summed E-state index contributed by atoms with van der Waals surface area (Å²) < 4.78 is 0. The van der Waals surface area contributed by atoms with Gasteiger partial charge in [0, 0.05) is 19.3 Å². The van der Waals surface area contributed by atoms with Crippen molar-refractivity contribution in [1.29, 1.82) is 0 Å². The Morgan fingerprint density at radius 2 is 2.06 bits per heavy atom. The van der Waals surface area contributed by atoms with E-state index in [0.29, 0.717) is 12.1 Å². The Balaban J connectivity index is 1.90. The third-order valence-corrected chi connectivity index (χ3v) is 3.07. The monoisotopic (exact) mass is 241 g/mol. The van der Waals surface area contributed by atoms with Gasteiger partial charge in [-0.05, 0) is 29.3 Å². The minimum Gasteiger partial charge on any atom is -0.478 e. The van der Waals surface area contributed by atoms with Crippen LogP contribution in [0.2, 0.25) is 0 Å². The second-order valence-electron chi connectivity index (χ2n) is 4.21. The van der Waals surface area contributed by atoms with E-state index in [1.165, 1.54) is 6.33 Å². The Hall–Kier alpha value is -2.43. The van der Waals surface area contributed by atoms with Gasteiger partial charge in [-0.2, -0.15) is 0 Å². The van der Waals surface area contributed by atoms with Gasteiger partial charge >= 0.3 is 5.97 Å². The third-order valence-electron chi connectivity index (χ3n) is 3.07. The van der Waals surface area contributed by atoms with Crippen LogP contribution in [-0.2, 0) is 13.1 Å².